The van der Waals surface area contributed by atoms with Gasteiger partial charge in [0.15, 0.2) is 0 Å². The normalized spacial score (nSPS) is 10.6. The van der Waals surface area contributed by atoms with Crippen molar-refractivity contribution in [2.75, 3.05) is 7.05 Å². The van der Waals surface area contributed by atoms with Gasteiger partial charge in [-0.2, -0.15) is 0 Å². The second kappa shape index (κ2) is 7.17. The summed E-state index contributed by atoms with van der Waals surface area (Å²) >= 11 is 0. The van der Waals surface area contributed by atoms with E-state index in [1.54, 1.807) is 30.1 Å². The predicted octanol–water partition coefficient (Wildman–Crippen LogP) is 3.27. The van der Waals surface area contributed by atoms with E-state index in [9.17, 15) is 14.9 Å². The molecule has 2 aromatic carbocycles. The quantitative estimate of drug-likeness (QED) is 0.483. The molecule has 0 spiro atoms. The smallest absolute Gasteiger partial charge is 0.276 e. The molecule has 22 heavy (non-hydrogen) atoms. The first-order chi connectivity index (χ1) is 10.6. The molecule has 5 nitrogen and oxygen atoms in total. The Bertz CT molecular complexity index is 696. The molecule has 0 aliphatic rings. The number of hydrogen-bond acceptors (Lipinski definition) is 3. The van der Waals surface area contributed by atoms with Gasteiger partial charge in [0.25, 0.3) is 5.69 Å². The topological polar surface area (TPSA) is 63.5 Å². The molecule has 0 aliphatic heterocycles. The summed E-state index contributed by atoms with van der Waals surface area (Å²) in [6.45, 7) is 0.487. The standard InChI is InChI=1S/C17H16N2O3/c1-18(13-14-7-3-2-4-8-14)17(20)12-11-15-9-5-6-10-16(15)19(21)22/h2-12H,13H2,1H3. The number of rotatable bonds is 5. The van der Waals surface area contributed by atoms with E-state index in [-0.39, 0.29) is 11.6 Å². The number of para-hydroxylation sites is 1. The number of benzene rings is 2. The first-order valence-electron chi connectivity index (χ1n) is 6.78. The second-order valence-corrected chi connectivity index (χ2v) is 4.83. The third-order valence-corrected chi connectivity index (χ3v) is 3.18. The molecule has 5 heteroatoms. The van der Waals surface area contributed by atoms with Crippen molar-refractivity contribution in [3.63, 3.8) is 0 Å². The number of hydrogen-bond donors (Lipinski definition) is 0. The number of nitro groups is 1. The van der Waals surface area contributed by atoms with Gasteiger partial charge in [-0.15, -0.1) is 0 Å². The maximum atomic E-state index is 12.1. The van der Waals surface area contributed by atoms with E-state index in [2.05, 4.69) is 0 Å². The second-order valence-electron chi connectivity index (χ2n) is 4.83. The molecule has 0 heterocycles. The van der Waals surface area contributed by atoms with Crippen molar-refractivity contribution >= 4 is 17.7 Å². The highest BCUT2D eigenvalue weighted by molar-refractivity contribution is 5.92. The molecule has 112 valence electrons. The highest BCUT2D eigenvalue weighted by Crippen LogP contribution is 2.19. The first-order valence-corrected chi connectivity index (χ1v) is 6.78. The molecule has 0 bridgehead atoms. The molecule has 0 saturated heterocycles. The molecule has 0 fully saturated rings. The molecule has 2 aromatic rings. The SMILES string of the molecule is CN(Cc1ccccc1)C(=O)C=Cc1ccccc1[N+](=O)[O-]. The Labute approximate surface area is 128 Å². The molecule has 1 amide bonds. The summed E-state index contributed by atoms with van der Waals surface area (Å²) in [6, 6.07) is 15.9. The highest BCUT2D eigenvalue weighted by Gasteiger charge is 2.11. The van der Waals surface area contributed by atoms with Gasteiger partial charge in [0.1, 0.15) is 0 Å². The van der Waals surface area contributed by atoms with Crippen LogP contribution >= 0.6 is 0 Å². The van der Waals surface area contributed by atoms with Crippen molar-refractivity contribution in [2.24, 2.45) is 0 Å². The first kappa shape index (κ1) is 15.4. The van der Waals surface area contributed by atoms with Crippen LogP contribution in [-0.2, 0) is 11.3 Å². The van der Waals surface area contributed by atoms with E-state index in [0.29, 0.717) is 12.1 Å². The molecule has 0 unspecified atom stereocenters. The van der Waals surface area contributed by atoms with Crippen LogP contribution in [0.4, 0.5) is 5.69 Å². The van der Waals surface area contributed by atoms with E-state index in [4.69, 9.17) is 0 Å². The zero-order valence-corrected chi connectivity index (χ0v) is 12.2. The Kier molecular flexibility index (Phi) is 5.03. The number of likely N-dealkylation sites (N-methyl/N-ethyl adjacent to an activating group) is 1. The molecule has 0 saturated carbocycles. The van der Waals surface area contributed by atoms with Crippen LogP contribution in [0.5, 0.6) is 0 Å². The minimum Gasteiger partial charge on any atom is -0.338 e. The molecule has 0 atom stereocenters. The number of amides is 1. The molecule has 2 rings (SSSR count). The van der Waals surface area contributed by atoms with Crippen LogP contribution in [-0.4, -0.2) is 22.8 Å². The minimum atomic E-state index is -0.460. The Balaban J connectivity index is 2.07. The average Bonchev–Trinajstić information content (AvgIpc) is 2.53. The lowest BCUT2D eigenvalue weighted by Crippen LogP contribution is -2.24. The fourth-order valence-corrected chi connectivity index (χ4v) is 2.02. The lowest BCUT2D eigenvalue weighted by molar-refractivity contribution is -0.385. The van der Waals surface area contributed by atoms with Gasteiger partial charge in [-0.25, -0.2) is 0 Å². The van der Waals surface area contributed by atoms with Crippen molar-refractivity contribution in [3.8, 4) is 0 Å². The fraction of sp³-hybridized carbons (Fsp3) is 0.118. The minimum absolute atomic E-state index is 0.0164. The zero-order chi connectivity index (χ0) is 15.9. The van der Waals surface area contributed by atoms with Crippen molar-refractivity contribution in [3.05, 3.63) is 81.9 Å². The van der Waals surface area contributed by atoms with Gasteiger partial charge in [0, 0.05) is 25.7 Å². The predicted molar refractivity (Wildman–Crippen MR) is 85.0 cm³/mol. The molecular weight excluding hydrogens is 280 g/mol. The summed E-state index contributed by atoms with van der Waals surface area (Å²) in [4.78, 5) is 24.1. The molecule has 0 radical (unpaired) electrons. The van der Waals surface area contributed by atoms with Crippen LogP contribution in [0.15, 0.2) is 60.7 Å². The Morgan fingerprint density at radius 3 is 2.45 bits per heavy atom. The Hall–Kier alpha value is -2.95. The van der Waals surface area contributed by atoms with E-state index >= 15 is 0 Å². The maximum absolute atomic E-state index is 12.1. The molecular formula is C17H16N2O3. The van der Waals surface area contributed by atoms with E-state index in [0.717, 1.165) is 5.56 Å². The number of carbonyl (C=O) groups excluding carboxylic acids is 1. The van der Waals surface area contributed by atoms with Crippen LogP contribution in [0.3, 0.4) is 0 Å². The van der Waals surface area contributed by atoms with Crippen molar-refractivity contribution in [1.82, 2.24) is 4.90 Å². The van der Waals surface area contributed by atoms with Gasteiger partial charge in [-0.05, 0) is 17.7 Å². The summed E-state index contributed by atoms with van der Waals surface area (Å²) in [5.41, 5.74) is 1.42. The van der Waals surface area contributed by atoms with Crippen LogP contribution in [0.2, 0.25) is 0 Å². The number of nitrogens with zero attached hydrogens (tertiary/aromatic N) is 2. The largest absolute Gasteiger partial charge is 0.338 e. The summed E-state index contributed by atoms with van der Waals surface area (Å²) in [7, 11) is 1.69. The molecule has 0 aromatic heterocycles. The van der Waals surface area contributed by atoms with Crippen molar-refractivity contribution in [2.45, 2.75) is 6.54 Å². The average molecular weight is 296 g/mol. The highest BCUT2D eigenvalue weighted by atomic mass is 16.6. The molecule has 0 N–H and O–H groups in total. The van der Waals surface area contributed by atoms with Crippen molar-refractivity contribution in [1.29, 1.82) is 0 Å². The number of nitro benzene ring substituents is 1. The summed E-state index contributed by atoms with van der Waals surface area (Å²) in [6.07, 6.45) is 2.83. The van der Waals surface area contributed by atoms with Gasteiger partial charge in [0.2, 0.25) is 5.91 Å². The molecule has 0 aliphatic carbocycles. The zero-order valence-electron chi connectivity index (χ0n) is 12.2. The van der Waals surface area contributed by atoms with Crippen molar-refractivity contribution < 1.29 is 9.72 Å². The lowest BCUT2D eigenvalue weighted by atomic mass is 10.1. The third-order valence-electron chi connectivity index (χ3n) is 3.18. The van der Waals surface area contributed by atoms with Gasteiger partial charge in [-0.3, -0.25) is 14.9 Å². The lowest BCUT2D eigenvalue weighted by Gasteiger charge is -2.14. The van der Waals surface area contributed by atoms with Gasteiger partial charge >= 0.3 is 0 Å². The van der Waals surface area contributed by atoms with Crippen LogP contribution < -0.4 is 0 Å². The summed E-state index contributed by atoms with van der Waals surface area (Å²) < 4.78 is 0. The van der Waals surface area contributed by atoms with Crippen LogP contribution in [0, 0.1) is 10.1 Å². The Morgan fingerprint density at radius 1 is 1.14 bits per heavy atom. The maximum Gasteiger partial charge on any atom is 0.276 e. The monoisotopic (exact) mass is 296 g/mol. The van der Waals surface area contributed by atoms with Gasteiger partial charge < -0.3 is 4.90 Å². The van der Waals surface area contributed by atoms with Crippen LogP contribution in [0.25, 0.3) is 6.08 Å². The van der Waals surface area contributed by atoms with Gasteiger partial charge in [-0.1, -0.05) is 42.5 Å². The van der Waals surface area contributed by atoms with Crippen LogP contribution in [0.1, 0.15) is 11.1 Å². The number of carbonyl (C=O) groups is 1. The Morgan fingerprint density at radius 2 is 1.77 bits per heavy atom. The van der Waals surface area contributed by atoms with E-state index < -0.39 is 4.92 Å². The third kappa shape index (κ3) is 4.02. The van der Waals surface area contributed by atoms with E-state index in [1.165, 1.54) is 18.2 Å². The summed E-state index contributed by atoms with van der Waals surface area (Å²) in [5.74, 6) is -0.206. The van der Waals surface area contributed by atoms with Gasteiger partial charge in [0.05, 0.1) is 10.5 Å². The van der Waals surface area contributed by atoms with E-state index in [1.807, 2.05) is 30.3 Å². The fourth-order valence-electron chi connectivity index (χ4n) is 2.02. The summed E-state index contributed by atoms with van der Waals surface area (Å²) in [5, 5.41) is 10.9.